The summed E-state index contributed by atoms with van der Waals surface area (Å²) in [6.45, 7) is 8.11. The molecule has 5 heterocycles. The van der Waals surface area contributed by atoms with E-state index < -0.39 is 11.5 Å². The summed E-state index contributed by atoms with van der Waals surface area (Å²) >= 11 is 1.62. The van der Waals surface area contributed by atoms with Crippen molar-refractivity contribution in [1.29, 1.82) is 0 Å². The molecule has 4 aromatic rings. The highest BCUT2D eigenvalue weighted by Gasteiger charge is 2.27. The molecule has 12 heteroatoms. The molecular formula is C26H30N8O3S. The highest BCUT2D eigenvalue weighted by molar-refractivity contribution is 7.19. The number of ether oxygens (including phenoxy) is 2. The van der Waals surface area contributed by atoms with Crippen molar-refractivity contribution >= 4 is 45.2 Å². The molecule has 11 nitrogen and oxygen atoms in total. The van der Waals surface area contributed by atoms with Crippen LogP contribution in [0.15, 0.2) is 43.0 Å². The Hall–Kier alpha value is -3.90. The van der Waals surface area contributed by atoms with Crippen LogP contribution in [0.5, 0.6) is 0 Å². The van der Waals surface area contributed by atoms with Gasteiger partial charge in [0.1, 0.15) is 11.9 Å². The van der Waals surface area contributed by atoms with Gasteiger partial charge < -0.3 is 25.0 Å². The molecule has 0 aliphatic carbocycles. The van der Waals surface area contributed by atoms with Crippen LogP contribution < -0.4 is 15.5 Å². The van der Waals surface area contributed by atoms with Gasteiger partial charge in [-0.05, 0) is 32.9 Å². The lowest BCUT2D eigenvalue weighted by atomic mass is 10.0. The van der Waals surface area contributed by atoms with Crippen molar-refractivity contribution in [3.63, 3.8) is 0 Å². The molecule has 1 fully saturated rings. The van der Waals surface area contributed by atoms with Gasteiger partial charge in [-0.25, -0.2) is 29.7 Å². The second kappa shape index (κ2) is 10.8. The number of carbonyl (C=O) groups excluding carboxylic acids is 1. The van der Waals surface area contributed by atoms with Crippen molar-refractivity contribution in [2.24, 2.45) is 0 Å². The number of carbonyl (C=O) groups is 1. The molecule has 1 saturated heterocycles. The molecule has 1 unspecified atom stereocenters. The molecule has 1 atom stereocenters. The molecule has 0 radical (unpaired) electrons. The van der Waals surface area contributed by atoms with E-state index in [4.69, 9.17) is 14.5 Å². The van der Waals surface area contributed by atoms with Crippen molar-refractivity contribution < 1.29 is 14.3 Å². The summed E-state index contributed by atoms with van der Waals surface area (Å²) in [6, 6.07) is 6.05. The minimum atomic E-state index is -0.479. The third kappa shape index (κ3) is 5.50. The second-order valence-corrected chi connectivity index (χ2v) is 10.4. The summed E-state index contributed by atoms with van der Waals surface area (Å²) in [6.07, 6.45) is 6.55. The summed E-state index contributed by atoms with van der Waals surface area (Å²) in [5.74, 6) is 1.48. The van der Waals surface area contributed by atoms with Crippen molar-refractivity contribution in [3.05, 3.63) is 59.0 Å². The number of fused-ring (bicyclic) bond motifs is 1. The van der Waals surface area contributed by atoms with Crippen LogP contribution in [0.4, 0.5) is 17.7 Å². The van der Waals surface area contributed by atoms with Crippen molar-refractivity contribution in [2.75, 3.05) is 48.9 Å². The molecule has 2 N–H and O–H groups in total. The van der Waals surface area contributed by atoms with Gasteiger partial charge in [0.15, 0.2) is 0 Å². The first kappa shape index (κ1) is 25.7. The highest BCUT2D eigenvalue weighted by Crippen LogP contribution is 2.35. The molecule has 4 aromatic heterocycles. The minimum absolute atomic E-state index is 0.0992. The lowest BCUT2D eigenvalue weighted by Crippen LogP contribution is -2.39. The first-order valence-electron chi connectivity index (χ1n) is 12.4. The zero-order chi connectivity index (χ0) is 26.7. The minimum Gasteiger partial charge on any atom is -0.462 e. The number of anilines is 3. The molecule has 0 spiro atoms. The number of esters is 1. The molecule has 0 bridgehead atoms. The maximum absolute atomic E-state index is 11.9. The zero-order valence-corrected chi connectivity index (χ0v) is 22.6. The van der Waals surface area contributed by atoms with Gasteiger partial charge in [0.2, 0.25) is 11.9 Å². The fourth-order valence-electron chi connectivity index (χ4n) is 4.12. The number of pyridine rings is 1. The quantitative estimate of drug-likeness (QED) is 0.318. The molecular weight excluding hydrogens is 504 g/mol. The van der Waals surface area contributed by atoms with Gasteiger partial charge in [0.25, 0.3) is 0 Å². The largest absolute Gasteiger partial charge is 0.462 e. The maximum atomic E-state index is 11.9. The fraction of sp³-hybridized carbons (Fsp3) is 0.385. The molecule has 0 saturated carbocycles. The van der Waals surface area contributed by atoms with Crippen LogP contribution in [0.25, 0.3) is 10.2 Å². The van der Waals surface area contributed by atoms with Crippen molar-refractivity contribution in [1.82, 2.24) is 24.9 Å². The second-order valence-electron chi connectivity index (χ2n) is 9.33. The number of aromatic nitrogens is 5. The van der Waals surface area contributed by atoms with Crippen molar-refractivity contribution in [3.8, 4) is 0 Å². The monoisotopic (exact) mass is 534 g/mol. The van der Waals surface area contributed by atoms with E-state index in [9.17, 15) is 4.79 Å². The van der Waals surface area contributed by atoms with Gasteiger partial charge in [-0.3, -0.25) is 0 Å². The maximum Gasteiger partial charge on any atom is 0.341 e. The molecule has 0 amide bonds. The third-order valence-electron chi connectivity index (χ3n) is 6.22. The fourth-order valence-corrected chi connectivity index (χ4v) is 5.15. The lowest BCUT2D eigenvalue weighted by molar-refractivity contribution is 0.0390. The normalized spacial score (nSPS) is 15.9. The highest BCUT2D eigenvalue weighted by atomic mass is 32.1. The Morgan fingerprint density at radius 2 is 2.00 bits per heavy atom. The topological polar surface area (TPSA) is 127 Å². The summed E-state index contributed by atoms with van der Waals surface area (Å²) in [4.78, 5) is 37.6. The number of rotatable bonds is 8. The Labute approximate surface area is 224 Å². The average Bonchev–Trinajstić information content (AvgIpc) is 3.38. The first-order chi connectivity index (χ1) is 18.4. The number of hydrogen-bond acceptors (Lipinski definition) is 12. The summed E-state index contributed by atoms with van der Waals surface area (Å²) in [5, 5.41) is 6.39. The van der Waals surface area contributed by atoms with Crippen LogP contribution in [0.1, 0.15) is 47.7 Å². The smallest absolute Gasteiger partial charge is 0.341 e. The SMILES string of the molecule is CCOC(=O)c1cnc(NC(C)(C)c2cc3nc(N4CCOC(c5ccc(NC)nc5)C4)ncc3s2)nc1. The molecule has 198 valence electrons. The molecule has 38 heavy (non-hydrogen) atoms. The molecule has 5 rings (SSSR count). The van der Waals surface area contributed by atoms with Gasteiger partial charge in [0.05, 0.1) is 47.3 Å². The van der Waals surface area contributed by atoms with Crippen LogP contribution in [0.3, 0.4) is 0 Å². The Morgan fingerprint density at radius 3 is 2.71 bits per heavy atom. The standard InChI is InChI=1S/C26H30N8O3S/c1-5-36-23(35)17-12-29-24(30-13-17)33-26(2,3)21-10-18-20(38-21)14-31-25(32-18)34-8-9-37-19(15-34)16-6-7-22(27-4)28-11-16/h6-7,10-14,19H,5,8-9,15H2,1-4H3,(H,27,28)(H,29,30,33). The summed E-state index contributed by atoms with van der Waals surface area (Å²) in [5.41, 5.74) is 1.74. The Bertz CT molecular complexity index is 1410. The Balaban J connectivity index is 1.30. The number of nitrogens with one attached hydrogen (secondary N) is 2. The van der Waals surface area contributed by atoms with Gasteiger partial charge in [0, 0.05) is 42.6 Å². The van der Waals surface area contributed by atoms with Gasteiger partial charge >= 0.3 is 5.97 Å². The van der Waals surface area contributed by atoms with E-state index in [2.05, 4.69) is 55.4 Å². The Kier molecular flexibility index (Phi) is 7.34. The van der Waals surface area contributed by atoms with Crippen molar-refractivity contribution in [2.45, 2.75) is 32.4 Å². The van der Waals surface area contributed by atoms with Crippen LogP contribution in [0.2, 0.25) is 0 Å². The van der Waals surface area contributed by atoms with Gasteiger partial charge in [-0.1, -0.05) is 6.07 Å². The van der Waals surface area contributed by atoms with E-state index in [-0.39, 0.29) is 6.10 Å². The van der Waals surface area contributed by atoms with E-state index in [1.54, 1.807) is 18.3 Å². The average molecular weight is 535 g/mol. The predicted molar refractivity (Wildman–Crippen MR) is 147 cm³/mol. The number of hydrogen-bond donors (Lipinski definition) is 2. The van der Waals surface area contributed by atoms with Crippen LogP contribution >= 0.6 is 11.3 Å². The van der Waals surface area contributed by atoms with Crippen LogP contribution in [0, 0.1) is 0 Å². The number of morpholine rings is 1. The molecule has 1 aliphatic rings. The van der Waals surface area contributed by atoms with Crippen LogP contribution in [-0.2, 0) is 15.0 Å². The first-order valence-corrected chi connectivity index (χ1v) is 13.2. The number of thiophene rings is 1. The number of nitrogens with zero attached hydrogens (tertiary/aromatic N) is 6. The third-order valence-corrected chi connectivity index (χ3v) is 7.61. The summed E-state index contributed by atoms with van der Waals surface area (Å²) < 4.78 is 12.0. The van der Waals surface area contributed by atoms with Crippen LogP contribution in [-0.4, -0.2) is 64.2 Å². The van der Waals surface area contributed by atoms with E-state index in [1.165, 1.54) is 12.4 Å². The van der Waals surface area contributed by atoms with E-state index in [0.29, 0.717) is 43.8 Å². The molecule has 1 aliphatic heterocycles. The lowest BCUT2D eigenvalue weighted by Gasteiger charge is -2.33. The molecule has 0 aromatic carbocycles. The van der Waals surface area contributed by atoms with E-state index in [0.717, 1.165) is 26.5 Å². The zero-order valence-electron chi connectivity index (χ0n) is 21.8. The Morgan fingerprint density at radius 1 is 1.18 bits per heavy atom. The predicted octanol–water partition coefficient (Wildman–Crippen LogP) is 4.02. The van der Waals surface area contributed by atoms with E-state index in [1.807, 2.05) is 31.6 Å². The van der Waals surface area contributed by atoms with Gasteiger partial charge in [-0.15, -0.1) is 11.3 Å². The summed E-state index contributed by atoms with van der Waals surface area (Å²) in [7, 11) is 1.85. The van der Waals surface area contributed by atoms with Gasteiger partial charge in [-0.2, -0.15) is 0 Å². The van der Waals surface area contributed by atoms with E-state index >= 15 is 0 Å².